The van der Waals surface area contributed by atoms with E-state index in [-0.39, 0.29) is 23.7 Å². The first-order valence-electron chi connectivity index (χ1n) is 6.02. The van der Waals surface area contributed by atoms with Crippen molar-refractivity contribution in [1.29, 1.82) is 0 Å². The smallest absolute Gasteiger partial charge is 0.166 e. The van der Waals surface area contributed by atoms with E-state index >= 15 is 0 Å². The first kappa shape index (κ1) is 14.5. The zero-order chi connectivity index (χ0) is 13.8. The van der Waals surface area contributed by atoms with Gasteiger partial charge in [0.25, 0.3) is 0 Å². The van der Waals surface area contributed by atoms with E-state index in [9.17, 15) is 4.39 Å². The Kier molecular flexibility index (Phi) is 4.96. The fourth-order valence-electron chi connectivity index (χ4n) is 1.73. The van der Waals surface area contributed by atoms with Gasteiger partial charge in [0.2, 0.25) is 0 Å². The van der Waals surface area contributed by atoms with E-state index in [1.807, 2.05) is 24.4 Å². The topological polar surface area (TPSA) is 35.2 Å². The zero-order valence-corrected chi connectivity index (χ0v) is 12.9. The number of halogens is 2. The molecule has 1 aromatic carbocycles. The van der Waals surface area contributed by atoms with E-state index in [0.717, 1.165) is 11.3 Å². The molecule has 2 unspecified atom stereocenters. The summed E-state index contributed by atoms with van der Waals surface area (Å²) in [6, 6.07) is 8.49. The molecule has 0 radical (unpaired) electrons. The van der Waals surface area contributed by atoms with E-state index in [4.69, 9.17) is 10.5 Å². The maximum absolute atomic E-state index is 13.8. The molecule has 0 aliphatic carbocycles. The maximum Gasteiger partial charge on any atom is 0.166 e. The summed E-state index contributed by atoms with van der Waals surface area (Å²) in [4.78, 5) is 1.01. The van der Waals surface area contributed by atoms with Crippen molar-refractivity contribution in [3.05, 3.63) is 50.9 Å². The molecule has 2 aromatic rings. The first-order chi connectivity index (χ1) is 9.11. The standard InChI is InChI=1S/C14H15BrFNOS/c1-2-11(17)14(13-4-3-7-19-13)18-12-6-5-9(15)8-10(12)16/h3-8,11,14H,2,17H2,1H3. The van der Waals surface area contributed by atoms with E-state index in [1.54, 1.807) is 23.5 Å². The van der Waals surface area contributed by atoms with Crippen LogP contribution < -0.4 is 10.5 Å². The molecule has 2 nitrogen and oxygen atoms in total. The minimum atomic E-state index is -0.390. The second-order valence-corrected chi connectivity index (χ2v) is 6.10. The average Bonchev–Trinajstić information content (AvgIpc) is 2.91. The van der Waals surface area contributed by atoms with Crippen LogP contribution in [0.1, 0.15) is 24.3 Å². The van der Waals surface area contributed by atoms with Gasteiger partial charge in [-0.15, -0.1) is 11.3 Å². The number of benzene rings is 1. The SMILES string of the molecule is CCC(N)C(Oc1ccc(Br)cc1F)c1cccs1. The molecule has 2 N–H and O–H groups in total. The lowest BCUT2D eigenvalue weighted by Crippen LogP contribution is -2.31. The second-order valence-electron chi connectivity index (χ2n) is 4.20. The van der Waals surface area contributed by atoms with Gasteiger partial charge in [0.15, 0.2) is 11.6 Å². The van der Waals surface area contributed by atoms with E-state index < -0.39 is 0 Å². The van der Waals surface area contributed by atoms with Crippen LogP contribution in [0, 0.1) is 5.82 Å². The normalized spacial score (nSPS) is 14.1. The van der Waals surface area contributed by atoms with Gasteiger partial charge in [0.1, 0.15) is 6.10 Å². The van der Waals surface area contributed by atoms with Crippen LogP contribution >= 0.6 is 27.3 Å². The summed E-state index contributed by atoms with van der Waals surface area (Å²) in [7, 11) is 0. The lowest BCUT2D eigenvalue weighted by atomic mass is 10.1. The Morgan fingerprint density at radius 2 is 2.21 bits per heavy atom. The summed E-state index contributed by atoms with van der Waals surface area (Å²) in [6.45, 7) is 1.99. The Labute approximate surface area is 124 Å². The fourth-order valence-corrected chi connectivity index (χ4v) is 2.89. The van der Waals surface area contributed by atoms with Crippen molar-refractivity contribution < 1.29 is 9.13 Å². The molecule has 5 heteroatoms. The third-order valence-corrected chi connectivity index (χ3v) is 4.26. The third-order valence-electron chi connectivity index (χ3n) is 2.83. The van der Waals surface area contributed by atoms with Crippen LogP contribution in [0.5, 0.6) is 5.75 Å². The number of rotatable bonds is 5. The van der Waals surface area contributed by atoms with Gasteiger partial charge >= 0.3 is 0 Å². The molecule has 2 rings (SSSR count). The highest BCUT2D eigenvalue weighted by Crippen LogP contribution is 2.31. The molecule has 1 heterocycles. The van der Waals surface area contributed by atoms with Crippen LogP contribution in [0.2, 0.25) is 0 Å². The van der Waals surface area contributed by atoms with Gasteiger partial charge in [0, 0.05) is 15.4 Å². The molecule has 0 spiro atoms. The van der Waals surface area contributed by atoms with Gasteiger partial charge in [-0.05, 0) is 36.1 Å². The molecular weight excluding hydrogens is 329 g/mol. The van der Waals surface area contributed by atoms with Crippen LogP contribution in [0.25, 0.3) is 0 Å². The zero-order valence-electron chi connectivity index (χ0n) is 10.5. The quantitative estimate of drug-likeness (QED) is 0.866. The predicted octanol–water partition coefficient (Wildman–Crippen LogP) is 4.51. The van der Waals surface area contributed by atoms with E-state index in [1.165, 1.54) is 6.07 Å². The predicted molar refractivity (Wildman–Crippen MR) is 80.1 cm³/mol. The van der Waals surface area contributed by atoms with Crippen molar-refractivity contribution in [2.75, 3.05) is 0 Å². The number of nitrogens with two attached hydrogens (primary N) is 1. The molecule has 0 saturated heterocycles. The molecule has 19 heavy (non-hydrogen) atoms. The summed E-state index contributed by atoms with van der Waals surface area (Å²) >= 11 is 4.79. The maximum atomic E-state index is 13.8. The van der Waals surface area contributed by atoms with E-state index in [0.29, 0.717) is 4.47 Å². The molecule has 0 amide bonds. The monoisotopic (exact) mass is 343 g/mol. The summed E-state index contributed by atoms with van der Waals surface area (Å²) in [6.07, 6.45) is 0.446. The van der Waals surface area contributed by atoms with Crippen molar-refractivity contribution in [1.82, 2.24) is 0 Å². The molecule has 2 atom stereocenters. The number of ether oxygens (including phenoxy) is 1. The minimum absolute atomic E-state index is 0.165. The van der Waals surface area contributed by atoms with Crippen molar-refractivity contribution in [3.63, 3.8) is 0 Å². The third kappa shape index (κ3) is 3.55. The average molecular weight is 344 g/mol. The Hall–Kier alpha value is -0.910. The van der Waals surface area contributed by atoms with Crippen LogP contribution in [0.3, 0.4) is 0 Å². The van der Waals surface area contributed by atoms with Gasteiger partial charge in [-0.25, -0.2) is 4.39 Å². The Balaban J connectivity index is 2.25. The number of hydrogen-bond donors (Lipinski definition) is 1. The first-order valence-corrected chi connectivity index (χ1v) is 7.69. The van der Waals surface area contributed by atoms with Gasteiger partial charge in [0.05, 0.1) is 0 Å². The molecule has 0 fully saturated rings. The fraction of sp³-hybridized carbons (Fsp3) is 0.286. The lowest BCUT2D eigenvalue weighted by Gasteiger charge is -2.23. The second kappa shape index (κ2) is 6.50. The Bertz CT molecular complexity index is 532. The van der Waals surface area contributed by atoms with Gasteiger partial charge < -0.3 is 10.5 Å². The van der Waals surface area contributed by atoms with Gasteiger partial charge in [-0.1, -0.05) is 28.9 Å². The molecule has 0 saturated carbocycles. The number of hydrogen-bond acceptors (Lipinski definition) is 3. The highest BCUT2D eigenvalue weighted by Gasteiger charge is 2.22. The molecule has 0 bridgehead atoms. The van der Waals surface area contributed by atoms with Crippen molar-refractivity contribution in [3.8, 4) is 5.75 Å². The molecule has 0 aliphatic heterocycles. The Morgan fingerprint density at radius 1 is 1.42 bits per heavy atom. The summed E-state index contributed by atoms with van der Waals surface area (Å²) in [5.74, 6) is -0.162. The highest BCUT2D eigenvalue weighted by molar-refractivity contribution is 9.10. The summed E-state index contributed by atoms with van der Waals surface area (Å²) < 4.78 is 20.3. The Morgan fingerprint density at radius 3 is 2.79 bits per heavy atom. The number of thiophene rings is 1. The van der Waals surface area contributed by atoms with Crippen LogP contribution in [0.15, 0.2) is 40.2 Å². The molecule has 0 aliphatic rings. The van der Waals surface area contributed by atoms with Crippen molar-refractivity contribution >= 4 is 27.3 Å². The van der Waals surface area contributed by atoms with Crippen LogP contribution in [-0.4, -0.2) is 6.04 Å². The molecular formula is C14H15BrFNOS. The summed E-state index contributed by atoms with van der Waals surface area (Å²) in [5.41, 5.74) is 6.09. The van der Waals surface area contributed by atoms with Crippen molar-refractivity contribution in [2.45, 2.75) is 25.5 Å². The van der Waals surface area contributed by atoms with E-state index in [2.05, 4.69) is 15.9 Å². The van der Waals surface area contributed by atoms with Gasteiger partial charge in [-0.3, -0.25) is 0 Å². The highest BCUT2D eigenvalue weighted by atomic mass is 79.9. The lowest BCUT2D eigenvalue weighted by molar-refractivity contribution is 0.167. The minimum Gasteiger partial charge on any atom is -0.480 e. The molecule has 1 aromatic heterocycles. The van der Waals surface area contributed by atoms with Gasteiger partial charge in [-0.2, -0.15) is 0 Å². The van der Waals surface area contributed by atoms with Crippen molar-refractivity contribution in [2.24, 2.45) is 5.73 Å². The summed E-state index contributed by atoms with van der Waals surface area (Å²) in [5, 5.41) is 1.96. The van der Waals surface area contributed by atoms with Crippen LogP contribution in [-0.2, 0) is 0 Å². The largest absolute Gasteiger partial charge is 0.480 e. The van der Waals surface area contributed by atoms with Crippen LogP contribution in [0.4, 0.5) is 4.39 Å². The molecule has 102 valence electrons.